The summed E-state index contributed by atoms with van der Waals surface area (Å²) in [6, 6.07) is 15.8. The SMILES string of the molecule is COC(=O)C1=C(C(=O)OC)N(c2ccc(C)cc2)C(N)=C(C#N)C1c1ccc(Cl)cc1. The van der Waals surface area contributed by atoms with E-state index in [1.54, 1.807) is 36.4 Å². The van der Waals surface area contributed by atoms with Gasteiger partial charge >= 0.3 is 11.9 Å². The Labute approximate surface area is 184 Å². The molecule has 31 heavy (non-hydrogen) atoms. The third-order valence-corrected chi connectivity index (χ3v) is 5.22. The van der Waals surface area contributed by atoms with Crippen molar-refractivity contribution < 1.29 is 19.1 Å². The molecule has 0 aliphatic carbocycles. The van der Waals surface area contributed by atoms with Crippen molar-refractivity contribution in [2.45, 2.75) is 12.8 Å². The van der Waals surface area contributed by atoms with E-state index in [4.69, 9.17) is 26.8 Å². The van der Waals surface area contributed by atoms with Crippen LogP contribution < -0.4 is 10.6 Å². The Morgan fingerprint density at radius 2 is 1.61 bits per heavy atom. The van der Waals surface area contributed by atoms with Crippen LogP contribution in [0.5, 0.6) is 0 Å². The van der Waals surface area contributed by atoms with Crippen LogP contribution in [0, 0.1) is 18.3 Å². The Morgan fingerprint density at radius 1 is 1.03 bits per heavy atom. The number of carbonyl (C=O) groups excluding carboxylic acids is 2. The number of esters is 2. The van der Waals surface area contributed by atoms with Gasteiger partial charge in [-0.1, -0.05) is 41.4 Å². The van der Waals surface area contributed by atoms with Gasteiger partial charge in [0.25, 0.3) is 0 Å². The van der Waals surface area contributed by atoms with E-state index in [2.05, 4.69) is 6.07 Å². The number of carbonyl (C=O) groups is 2. The molecule has 7 nitrogen and oxygen atoms in total. The van der Waals surface area contributed by atoms with E-state index >= 15 is 0 Å². The lowest BCUT2D eigenvalue weighted by atomic mass is 9.81. The van der Waals surface area contributed by atoms with Crippen LogP contribution in [0.4, 0.5) is 5.69 Å². The third kappa shape index (κ3) is 3.98. The van der Waals surface area contributed by atoms with Crippen LogP contribution in [0.2, 0.25) is 5.02 Å². The first-order valence-corrected chi connectivity index (χ1v) is 9.64. The van der Waals surface area contributed by atoms with Gasteiger partial charge in [-0.2, -0.15) is 5.26 Å². The van der Waals surface area contributed by atoms with Gasteiger partial charge in [0.1, 0.15) is 11.5 Å². The summed E-state index contributed by atoms with van der Waals surface area (Å²) in [6.45, 7) is 1.91. The van der Waals surface area contributed by atoms with Crippen molar-refractivity contribution in [3.8, 4) is 6.07 Å². The summed E-state index contributed by atoms with van der Waals surface area (Å²) in [5, 5.41) is 10.5. The van der Waals surface area contributed by atoms with Crippen LogP contribution >= 0.6 is 11.6 Å². The number of anilines is 1. The number of methoxy groups -OCH3 is 2. The first kappa shape index (κ1) is 21.9. The maximum atomic E-state index is 12.9. The molecule has 0 saturated carbocycles. The molecular formula is C23H20ClN3O4. The second-order valence-electron chi connectivity index (χ2n) is 6.81. The van der Waals surface area contributed by atoms with Crippen LogP contribution in [0.25, 0.3) is 0 Å². The molecule has 0 aromatic heterocycles. The van der Waals surface area contributed by atoms with E-state index in [1.807, 2.05) is 19.1 Å². The topological polar surface area (TPSA) is 106 Å². The van der Waals surface area contributed by atoms with E-state index in [-0.39, 0.29) is 22.7 Å². The lowest BCUT2D eigenvalue weighted by Crippen LogP contribution is -2.40. The maximum absolute atomic E-state index is 12.9. The Bertz CT molecular complexity index is 1130. The Kier molecular flexibility index (Phi) is 6.33. The van der Waals surface area contributed by atoms with Gasteiger partial charge in [-0.15, -0.1) is 0 Å². The zero-order chi connectivity index (χ0) is 22.7. The van der Waals surface area contributed by atoms with Gasteiger partial charge in [-0.3, -0.25) is 4.90 Å². The van der Waals surface area contributed by atoms with Crippen molar-refractivity contribution in [3.63, 3.8) is 0 Å². The fourth-order valence-corrected chi connectivity index (χ4v) is 3.61. The van der Waals surface area contributed by atoms with Crippen molar-refractivity contribution in [3.05, 3.63) is 87.3 Å². The van der Waals surface area contributed by atoms with Crippen LogP contribution in [-0.2, 0) is 19.1 Å². The number of hydrogen-bond donors (Lipinski definition) is 1. The fourth-order valence-electron chi connectivity index (χ4n) is 3.49. The van der Waals surface area contributed by atoms with Crippen molar-refractivity contribution in [2.24, 2.45) is 5.73 Å². The standard InChI is InChI=1S/C23H20ClN3O4/c1-13-4-10-16(11-5-13)27-20(23(29)31-3)19(22(28)30-2)18(17(12-25)21(27)26)14-6-8-15(24)9-7-14/h4-11,18H,26H2,1-3H3. The zero-order valence-electron chi connectivity index (χ0n) is 17.2. The molecule has 3 rings (SSSR count). The number of nitrogens with zero attached hydrogens (tertiary/aromatic N) is 2. The Morgan fingerprint density at radius 3 is 2.13 bits per heavy atom. The molecule has 1 unspecified atom stereocenters. The molecule has 2 aromatic rings. The highest BCUT2D eigenvalue weighted by atomic mass is 35.5. The molecular weight excluding hydrogens is 418 g/mol. The molecule has 0 radical (unpaired) electrons. The van der Waals surface area contributed by atoms with Crippen molar-refractivity contribution in [2.75, 3.05) is 19.1 Å². The molecule has 2 aromatic carbocycles. The molecule has 0 amide bonds. The number of nitriles is 1. The van der Waals surface area contributed by atoms with Gasteiger partial charge in [0.05, 0.1) is 37.4 Å². The van der Waals surface area contributed by atoms with Crippen LogP contribution in [-0.4, -0.2) is 26.2 Å². The van der Waals surface area contributed by atoms with E-state index in [0.717, 1.165) is 5.56 Å². The van der Waals surface area contributed by atoms with Gasteiger partial charge < -0.3 is 15.2 Å². The smallest absolute Gasteiger partial charge is 0.355 e. The molecule has 8 heteroatoms. The minimum absolute atomic E-state index is 0.0133. The summed E-state index contributed by atoms with van der Waals surface area (Å²) in [5.41, 5.74) is 8.36. The fraction of sp³-hybridized carbons (Fsp3) is 0.174. The second-order valence-corrected chi connectivity index (χ2v) is 7.25. The summed E-state index contributed by atoms with van der Waals surface area (Å²) >= 11 is 6.01. The average molecular weight is 438 g/mol. The summed E-state index contributed by atoms with van der Waals surface area (Å²) < 4.78 is 9.97. The minimum Gasteiger partial charge on any atom is -0.466 e. The third-order valence-electron chi connectivity index (χ3n) is 4.97. The number of aryl methyl sites for hydroxylation is 1. The van der Waals surface area contributed by atoms with E-state index in [1.165, 1.54) is 19.1 Å². The number of allylic oxidation sites excluding steroid dienone is 1. The highest BCUT2D eigenvalue weighted by molar-refractivity contribution is 6.30. The van der Waals surface area contributed by atoms with Gasteiger partial charge in [0.15, 0.2) is 0 Å². The number of nitrogens with two attached hydrogens (primary N) is 1. The molecule has 158 valence electrons. The Hall–Kier alpha value is -3.76. The first-order chi connectivity index (χ1) is 14.8. The van der Waals surface area contributed by atoms with Crippen LogP contribution in [0.1, 0.15) is 17.0 Å². The Balaban J connectivity index is 2.39. The minimum atomic E-state index is -0.939. The van der Waals surface area contributed by atoms with Crippen molar-refractivity contribution in [1.82, 2.24) is 0 Å². The number of halogens is 1. The summed E-state index contributed by atoms with van der Waals surface area (Å²) in [7, 11) is 2.40. The summed E-state index contributed by atoms with van der Waals surface area (Å²) in [6.07, 6.45) is 0. The summed E-state index contributed by atoms with van der Waals surface area (Å²) in [4.78, 5) is 27.2. The number of ether oxygens (including phenoxy) is 2. The largest absolute Gasteiger partial charge is 0.466 e. The number of rotatable bonds is 4. The lowest BCUT2D eigenvalue weighted by Gasteiger charge is -2.35. The van der Waals surface area contributed by atoms with E-state index in [0.29, 0.717) is 16.3 Å². The molecule has 2 N–H and O–H groups in total. The molecule has 0 spiro atoms. The highest BCUT2D eigenvalue weighted by Gasteiger charge is 2.42. The maximum Gasteiger partial charge on any atom is 0.355 e. The van der Waals surface area contributed by atoms with Crippen LogP contribution in [0.3, 0.4) is 0 Å². The van der Waals surface area contributed by atoms with Gasteiger partial charge in [0, 0.05) is 10.7 Å². The highest BCUT2D eigenvalue weighted by Crippen LogP contribution is 2.43. The van der Waals surface area contributed by atoms with Crippen molar-refractivity contribution >= 4 is 29.2 Å². The molecule has 1 heterocycles. The average Bonchev–Trinajstić information content (AvgIpc) is 2.78. The van der Waals surface area contributed by atoms with Gasteiger partial charge in [-0.25, -0.2) is 9.59 Å². The second kappa shape index (κ2) is 8.94. The molecule has 1 aliphatic heterocycles. The molecule has 0 bridgehead atoms. The monoisotopic (exact) mass is 437 g/mol. The van der Waals surface area contributed by atoms with Crippen molar-refractivity contribution in [1.29, 1.82) is 5.26 Å². The lowest BCUT2D eigenvalue weighted by molar-refractivity contribution is -0.139. The van der Waals surface area contributed by atoms with Crippen LogP contribution in [0.15, 0.2) is 71.2 Å². The van der Waals surface area contributed by atoms with Gasteiger partial charge in [0.2, 0.25) is 0 Å². The predicted molar refractivity (Wildman–Crippen MR) is 116 cm³/mol. The first-order valence-electron chi connectivity index (χ1n) is 9.26. The summed E-state index contributed by atoms with van der Waals surface area (Å²) in [5.74, 6) is -2.50. The molecule has 1 atom stereocenters. The predicted octanol–water partition coefficient (Wildman–Crippen LogP) is 3.55. The molecule has 0 fully saturated rings. The molecule has 1 aliphatic rings. The normalized spacial score (nSPS) is 16.1. The molecule has 0 saturated heterocycles. The number of benzene rings is 2. The van der Waals surface area contributed by atoms with E-state index < -0.39 is 17.9 Å². The quantitative estimate of drug-likeness (QED) is 0.729. The number of hydrogen-bond acceptors (Lipinski definition) is 7. The van der Waals surface area contributed by atoms with Gasteiger partial charge in [-0.05, 0) is 36.8 Å². The van der Waals surface area contributed by atoms with E-state index in [9.17, 15) is 14.9 Å². The zero-order valence-corrected chi connectivity index (χ0v) is 17.9.